The fraction of sp³-hybridized carbons (Fsp3) is 0.261. The highest BCUT2D eigenvalue weighted by Gasteiger charge is 2.20. The summed E-state index contributed by atoms with van der Waals surface area (Å²) in [5.74, 6) is 1.47. The first-order valence-corrected chi connectivity index (χ1v) is 9.84. The average Bonchev–Trinajstić information content (AvgIpc) is 2.74. The molecular formula is C23H25N5O. The molecule has 148 valence electrons. The summed E-state index contributed by atoms with van der Waals surface area (Å²) in [6.07, 6.45) is 0. The van der Waals surface area contributed by atoms with Crippen LogP contribution in [0.4, 0.5) is 11.5 Å². The zero-order valence-electron chi connectivity index (χ0n) is 16.8. The van der Waals surface area contributed by atoms with Crippen molar-refractivity contribution in [1.82, 2.24) is 19.8 Å². The lowest BCUT2D eigenvalue weighted by Crippen LogP contribution is -2.47. The molecule has 4 rings (SSSR count). The van der Waals surface area contributed by atoms with E-state index in [1.54, 1.807) is 0 Å². The maximum Gasteiger partial charge on any atom is 0.253 e. The largest absolute Gasteiger partial charge is 0.340 e. The van der Waals surface area contributed by atoms with Crippen molar-refractivity contribution in [1.29, 1.82) is 0 Å². The van der Waals surface area contributed by atoms with E-state index in [-0.39, 0.29) is 5.91 Å². The van der Waals surface area contributed by atoms with Gasteiger partial charge in [-0.2, -0.15) is 0 Å². The molecule has 2 heterocycles. The molecule has 0 saturated carbocycles. The van der Waals surface area contributed by atoms with Gasteiger partial charge in [-0.25, -0.2) is 9.97 Å². The Labute approximate surface area is 171 Å². The Kier molecular flexibility index (Phi) is 5.53. The minimum absolute atomic E-state index is 0.0845. The molecule has 6 nitrogen and oxygen atoms in total. The first-order valence-electron chi connectivity index (χ1n) is 9.84. The second-order valence-electron chi connectivity index (χ2n) is 7.38. The number of carbonyl (C=O) groups is 1. The molecular weight excluding hydrogens is 362 g/mol. The molecule has 0 spiro atoms. The van der Waals surface area contributed by atoms with Crippen molar-refractivity contribution in [3.63, 3.8) is 0 Å². The SMILES string of the molecule is Cc1cc(Nc2ccccc2)nc(-c2ccc(C(=O)N3CCN(C)CC3)cc2)n1. The number of likely N-dealkylation sites (N-methyl/N-ethyl adjacent to an activating group) is 1. The van der Waals surface area contributed by atoms with Gasteiger partial charge in [0.25, 0.3) is 5.91 Å². The maximum atomic E-state index is 12.7. The maximum absolute atomic E-state index is 12.7. The highest BCUT2D eigenvalue weighted by Crippen LogP contribution is 2.21. The van der Waals surface area contributed by atoms with Crippen molar-refractivity contribution in [2.45, 2.75) is 6.92 Å². The Bertz CT molecular complexity index is 980. The van der Waals surface area contributed by atoms with Crippen molar-refractivity contribution in [2.24, 2.45) is 0 Å². The fourth-order valence-electron chi connectivity index (χ4n) is 3.39. The summed E-state index contributed by atoms with van der Waals surface area (Å²) >= 11 is 0. The van der Waals surface area contributed by atoms with E-state index in [0.29, 0.717) is 11.4 Å². The van der Waals surface area contributed by atoms with Gasteiger partial charge in [0.15, 0.2) is 5.82 Å². The van der Waals surface area contributed by atoms with Gasteiger partial charge in [0.2, 0.25) is 0 Å². The molecule has 1 saturated heterocycles. The summed E-state index contributed by atoms with van der Waals surface area (Å²) in [7, 11) is 2.08. The lowest BCUT2D eigenvalue weighted by molar-refractivity contribution is 0.0664. The minimum Gasteiger partial charge on any atom is -0.340 e. The Morgan fingerprint density at radius 2 is 1.62 bits per heavy atom. The molecule has 0 unspecified atom stereocenters. The number of carbonyl (C=O) groups excluding carboxylic acids is 1. The van der Waals surface area contributed by atoms with Crippen LogP contribution >= 0.6 is 0 Å². The van der Waals surface area contributed by atoms with Gasteiger partial charge in [0, 0.05) is 54.8 Å². The molecule has 1 amide bonds. The molecule has 1 fully saturated rings. The van der Waals surface area contributed by atoms with E-state index in [9.17, 15) is 4.79 Å². The third kappa shape index (κ3) is 4.60. The summed E-state index contributed by atoms with van der Waals surface area (Å²) in [6, 6.07) is 19.4. The average molecular weight is 387 g/mol. The molecule has 0 radical (unpaired) electrons. The fourth-order valence-corrected chi connectivity index (χ4v) is 3.39. The lowest BCUT2D eigenvalue weighted by atomic mass is 10.1. The van der Waals surface area contributed by atoms with Crippen molar-refractivity contribution >= 4 is 17.4 Å². The van der Waals surface area contributed by atoms with E-state index in [1.165, 1.54) is 0 Å². The van der Waals surface area contributed by atoms with Crippen LogP contribution in [-0.4, -0.2) is 58.9 Å². The number of rotatable bonds is 4. The Balaban J connectivity index is 1.52. The number of benzene rings is 2. The van der Waals surface area contributed by atoms with Gasteiger partial charge in [-0.1, -0.05) is 30.3 Å². The van der Waals surface area contributed by atoms with Crippen molar-refractivity contribution in [3.05, 3.63) is 71.9 Å². The monoisotopic (exact) mass is 387 g/mol. The van der Waals surface area contributed by atoms with Crippen LogP contribution in [0.25, 0.3) is 11.4 Å². The molecule has 6 heteroatoms. The second-order valence-corrected chi connectivity index (χ2v) is 7.38. The molecule has 29 heavy (non-hydrogen) atoms. The number of nitrogens with one attached hydrogen (secondary N) is 1. The van der Waals surface area contributed by atoms with Crippen LogP contribution in [0.2, 0.25) is 0 Å². The van der Waals surface area contributed by atoms with Crippen LogP contribution in [0.1, 0.15) is 16.1 Å². The molecule has 1 aromatic heterocycles. The smallest absolute Gasteiger partial charge is 0.253 e. The topological polar surface area (TPSA) is 61.4 Å². The molecule has 0 atom stereocenters. The lowest BCUT2D eigenvalue weighted by Gasteiger charge is -2.32. The van der Waals surface area contributed by atoms with E-state index >= 15 is 0 Å². The van der Waals surface area contributed by atoms with E-state index in [4.69, 9.17) is 0 Å². The quantitative estimate of drug-likeness (QED) is 0.741. The first-order chi connectivity index (χ1) is 14.1. The van der Waals surface area contributed by atoms with E-state index in [0.717, 1.165) is 48.9 Å². The van der Waals surface area contributed by atoms with Gasteiger partial charge in [-0.05, 0) is 38.2 Å². The molecule has 2 aromatic carbocycles. The molecule has 1 aliphatic heterocycles. The van der Waals surface area contributed by atoms with Gasteiger partial charge in [0.1, 0.15) is 5.82 Å². The number of piperazine rings is 1. The van der Waals surface area contributed by atoms with Crippen molar-refractivity contribution in [3.8, 4) is 11.4 Å². The second kappa shape index (κ2) is 8.41. The zero-order valence-corrected chi connectivity index (χ0v) is 16.8. The Morgan fingerprint density at radius 3 is 2.31 bits per heavy atom. The normalized spacial score (nSPS) is 14.6. The Hall–Kier alpha value is -3.25. The van der Waals surface area contributed by atoms with Crippen molar-refractivity contribution < 1.29 is 4.79 Å². The third-order valence-corrected chi connectivity index (χ3v) is 5.08. The van der Waals surface area contributed by atoms with Gasteiger partial charge in [-0.15, -0.1) is 0 Å². The van der Waals surface area contributed by atoms with Crippen LogP contribution in [0.5, 0.6) is 0 Å². The third-order valence-electron chi connectivity index (χ3n) is 5.08. The van der Waals surface area contributed by atoms with Gasteiger partial charge in [-0.3, -0.25) is 4.79 Å². The zero-order chi connectivity index (χ0) is 20.2. The van der Waals surface area contributed by atoms with Gasteiger partial charge < -0.3 is 15.1 Å². The predicted molar refractivity (Wildman–Crippen MR) is 115 cm³/mol. The van der Waals surface area contributed by atoms with E-state index in [1.807, 2.05) is 72.5 Å². The molecule has 1 aliphatic rings. The number of amides is 1. The van der Waals surface area contributed by atoms with Gasteiger partial charge >= 0.3 is 0 Å². The molecule has 0 aliphatic carbocycles. The molecule has 3 aromatic rings. The number of hydrogen-bond acceptors (Lipinski definition) is 5. The first kappa shape index (κ1) is 19.1. The summed E-state index contributed by atoms with van der Waals surface area (Å²) in [5.41, 5.74) is 3.45. The van der Waals surface area contributed by atoms with E-state index in [2.05, 4.69) is 27.2 Å². The standard InChI is InChI=1S/C23H25N5O/c1-17-16-21(25-20-6-4-3-5-7-20)26-22(24-17)18-8-10-19(11-9-18)23(29)28-14-12-27(2)13-15-28/h3-11,16H,12-15H2,1-2H3,(H,24,25,26). The van der Waals surface area contributed by atoms with Crippen LogP contribution in [0.3, 0.4) is 0 Å². The predicted octanol–water partition coefficient (Wildman–Crippen LogP) is 3.58. The van der Waals surface area contributed by atoms with Crippen LogP contribution in [0.15, 0.2) is 60.7 Å². The number of nitrogens with zero attached hydrogens (tertiary/aromatic N) is 4. The number of anilines is 2. The summed E-state index contributed by atoms with van der Waals surface area (Å²) < 4.78 is 0. The van der Waals surface area contributed by atoms with E-state index < -0.39 is 0 Å². The van der Waals surface area contributed by atoms with Gasteiger partial charge in [0.05, 0.1) is 0 Å². The number of hydrogen-bond donors (Lipinski definition) is 1. The minimum atomic E-state index is 0.0845. The number of para-hydroxylation sites is 1. The van der Waals surface area contributed by atoms with Crippen LogP contribution in [0, 0.1) is 6.92 Å². The number of aryl methyl sites for hydroxylation is 1. The van der Waals surface area contributed by atoms with Crippen LogP contribution < -0.4 is 5.32 Å². The highest BCUT2D eigenvalue weighted by atomic mass is 16.2. The summed E-state index contributed by atoms with van der Waals surface area (Å²) in [6.45, 7) is 5.32. The highest BCUT2D eigenvalue weighted by molar-refractivity contribution is 5.94. The summed E-state index contributed by atoms with van der Waals surface area (Å²) in [4.78, 5) is 26.1. The molecule has 1 N–H and O–H groups in total. The van der Waals surface area contributed by atoms with Crippen molar-refractivity contribution in [2.75, 3.05) is 38.5 Å². The number of aromatic nitrogens is 2. The van der Waals surface area contributed by atoms with Crippen LogP contribution in [-0.2, 0) is 0 Å². The Morgan fingerprint density at radius 1 is 0.931 bits per heavy atom. The summed E-state index contributed by atoms with van der Waals surface area (Å²) in [5, 5.41) is 3.32. The molecule has 0 bridgehead atoms.